The molecule has 1 saturated heterocycles. The van der Waals surface area contributed by atoms with Crippen LogP contribution in [0.1, 0.15) is 37.2 Å². The third-order valence-electron chi connectivity index (χ3n) is 4.53. The number of ether oxygens (including phenoxy) is 1. The molecule has 0 aromatic carbocycles. The number of hydrogen-bond acceptors (Lipinski definition) is 6. The van der Waals surface area contributed by atoms with E-state index in [1.165, 1.54) is 10.8 Å². The first kappa shape index (κ1) is 17.8. The zero-order valence-corrected chi connectivity index (χ0v) is 14.7. The van der Waals surface area contributed by atoms with E-state index < -0.39 is 17.3 Å². The summed E-state index contributed by atoms with van der Waals surface area (Å²) in [6.45, 7) is 4.74. The summed E-state index contributed by atoms with van der Waals surface area (Å²) in [6, 6.07) is 0. The van der Waals surface area contributed by atoms with E-state index in [1.54, 1.807) is 11.1 Å². The van der Waals surface area contributed by atoms with Crippen LogP contribution in [0.4, 0.5) is 0 Å². The highest BCUT2D eigenvalue weighted by Gasteiger charge is 2.22. The minimum Gasteiger partial charge on any atom is -0.418 e. The lowest BCUT2D eigenvalue weighted by atomic mass is 9.99. The number of nitrogens with zero attached hydrogens (tertiary/aromatic N) is 4. The molecule has 9 nitrogen and oxygen atoms in total. The van der Waals surface area contributed by atoms with E-state index in [9.17, 15) is 19.2 Å². The minimum absolute atomic E-state index is 0.0164. The van der Waals surface area contributed by atoms with Crippen LogP contribution in [0.2, 0.25) is 0 Å². The summed E-state index contributed by atoms with van der Waals surface area (Å²) in [5.74, 6) is -0.450. The number of carbonyl (C=O) groups is 3. The molecule has 1 aliphatic rings. The van der Waals surface area contributed by atoms with Crippen molar-refractivity contribution in [1.29, 1.82) is 0 Å². The monoisotopic (exact) mass is 360 g/mol. The van der Waals surface area contributed by atoms with E-state index in [1.807, 2.05) is 0 Å². The quantitative estimate of drug-likeness (QED) is 0.581. The number of fused-ring (bicyclic) bond motifs is 1. The lowest BCUT2D eigenvalue weighted by molar-refractivity contribution is -0.133. The molecule has 0 unspecified atom stereocenters. The van der Waals surface area contributed by atoms with Crippen LogP contribution in [0.25, 0.3) is 5.78 Å². The molecule has 1 amide bonds. The second kappa shape index (κ2) is 7.11. The van der Waals surface area contributed by atoms with Crippen LogP contribution in [0.3, 0.4) is 0 Å². The molecule has 26 heavy (non-hydrogen) atoms. The van der Waals surface area contributed by atoms with Crippen LogP contribution in [0.5, 0.6) is 5.75 Å². The fourth-order valence-electron chi connectivity index (χ4n) is 3.02. The summed E-state index contributed by atoms with van der Waals surface area (Å²) in [4.78, 5) is 53.3. The number of aldehydes is 1. The summed E-state index contributed by atoms with van der Waals surface area (Å²) < 4.78 is 7.48. The molecule has 0 bridgehead atoms. The normalized spacial score (nSPS) is 15.2. The van der Waals surface area contributed by atoms with E-state index in [-0.39, 0.29) is 23.9 Å². The van der Waals surface area contributed by atoms with Crippen molar-refractivity contribution in [2.24, 2.45) is 5.92 Å². The fourth-order valence-corrected chi connectivity index (χ4v) is 3.02. The number of aromatic nitrogens is 3. The Morgan fingerprint density at radius 2 is 2.00 bits per heavy atom. The van der Waals surface area contributed by atoms with Crippen LogP contribution < -0.4 is 10.3 Å². The van der Waals surface area contributed by atoms with Crippen molar-refractivity contribution in [3.8, 4) is 5.75 Å². The van der Waals surface area contributed by atoms with Gasteiger partial charge in [0.25, 0.3) is 0 Å². The Bertz CT molecular complexity index is 921. The standard InChI is InChI=1S/C17H20N4O5/c1-11-3-5-19(6-4-11)14(24)9-20-7-8-21-16(25)15(26-12(2)23)13(10-22)18-17(20)21/h7-8,10-11H,3-6,9H2,1-2H3. The molecule has 0 atom stereocenters. The molecule has 3 heterocycles. The second-order valence-electron chi connectivity index (χ2n) is 6.50. The van der Waals surface area contributed by atoms with Crippen molar-refractivity contribution < 1.29 is 19.1 Å². The first-order valence-electron chi connectivity index (χ1n) is 8.43. The molecule has 0 saturated carbocycles. The van der Waals surface area contributed by atoms with Gasteiger partial charge in [0.2, 0.25) is 17.4 Å². The number of esters is 1. The fraction of sp³-hybridized carbons (Fsp3) is 0.471. The van der Waals surface area contributed by atoms with Crippen molar-refractivity contribution >= 4 is 23.9 Å². The summed E-state index contributed by atoms with van der Waals surface area (Å²) in [6.07, 6.45) is 5.26. The second-order valence-corrected chi connectivity index (χ2v) is 6.50. The summed E-state index contributed by atoms with van der Waals surface area (Å²) in [5, 5.41) is 0. The molecule has 3 rings (SSSR count). The number of piperidine rings is 1. The largest absolute Gasteiger partial charge is 0.418 e. The summed E-state index contributed by atoms with van der Waals surface area (Å²) >= 11 is 0. The molecule has 2 aromatic rings. The van der Waals surface area contributed by atoms with Crippen LogP contribution in [-0.2, 0) is 16.1 Å². The average Bonchev–Trinajstić information content (AvgIpc) is 3.00. The van der Waals surface area contributed by atoms with Crippen molar-refractivity contribution in [3.63, 3.8) is 0 Å². The molecule has 2 aromatic heterocycles. The van der Waals surface area contributed by atoms with E-state index in [0.29, 0.717) is 25.3 Å². The SMILES string of the molecule is CC(=O)Oc1c(C=O)nc2n(CC(=O)N3CCC(C)CC3)ccn2c1=O. The average molecular weight is 360 g/mol. The van der Waals surface area contributed by atoms with E-state index in [2.05, 4.69) is 11.9 Å². The van der Waals surface area contributed by atoms with E-state index >= 15 is 0 Å². The Kier molecular flexibility index (Phi) is 4.88. The third-order valence-corrected chi connectivity index (χ3v) is 4.53. The molecule has 0 N–H and O–H groups in total. The summed E-state index contributed by atoms with van der Waals surface area (Å²) in [5.41, 5.74) is -0.949. The van der Waals surface area contributed by atoms with Crippen molar-refractivity contribution in [1.82, 2.24) is 18.9 Å². The van der Waals surface area contributed by atoms with Gasteiger partial charge in [-0.15, -0.1) is 0 Å². The van der Waals surface area contributed by atoms with Gasteiger partial charge in [-0.25, -0.2) is 9.38 Å². The van der Waals surface area contributed by atoms with Crippen molar-refractivity contribution in [3.05, 3.63) is 28.4 Å². The van der Waals surface area contributed by atoms with Crippen molar-refractivity contribution in [2.75, 3.05) is 13.1 Å². The number of imidazole rings is 1. The van der Waals surface area contributed by atoms with Crippen LogP contribution in [0.15, 0.2) is 17.2 Å². The lowest BCUT2D eigenvalue weighted by Crippen LogP contribution is -2.39. The van der Waals surface area contributed by atoms with Gasteiger partial charge in [0, 0.05) is 32.4 Å². The molecule has 0 radical (unpaired) electrons. The Morgan fingerprint density at radius 3 is 2.62 bits per heavy atom. The molecule has 1 fully saturated rings. The maximum absolute atomic E-state index is 12.5. The zero-order valence-electron chi connectivity index (χ0n) is 14.7. The van der Waals surface area contributed by atoms with Gasteiger partial charge in [0.1, 0.15) is 6.54 Å². The number of carbonyl (C=O) groups excluding carboxylic acids is 3. The first-order valence-corrected chi connectivity index (χ1v) is 8.43. The van der Waals surface area contributed by atoms with Gasteiger partial charge in [-0.1, -0.05) is 6.92 Å². The molecule has 9 heteroatoms. The highest BCUT2D eigenvalue weighted by atomic mass is 16.5. The zero-order chi connectivity index (χ0) is 18.8. The van der Waals surface area contributed by atoms with Gasteiger partial charge in [-0.2, -0.15) is 0 Å². The molecular weight excluding hydrogens is 340 g/mol. The molecule has 1 aliphatic heterocycles. The number of amides is 1. The van der Waals surface area contributed by atoms with Gasteiger partial charge in [-0.05, 0) is 18.8 Å². The highest BCUT2D eigenvalue weighted by molar-refractivity contribution is 5.80. The van der Waals surface area contributed by atoms with Crippen LogP contribution in [-0.4, -0.2) is 50.1 Å². The number of hydrogen-bond donors (Lipinski definition) is 0. The smallest absolute Gasteiger partial charge is 0.308 e. The van der Waals surface area contributed by atoms with Gasteiger partial charge in [0.15, 0.2) is 12.0 Å². The van der Waals surface area contributed by atoms with Gasteiger partial charge in [-0.3, -0.25) is 19.2 Å². The number of rotatable bonds is 4. The predicted octanol–water partition coefficient (Wildman–Crippen LogP) is 0.492. The summed E-state index contributed by atoms with van der Waals surface area (Å²) in [7, 11) is 0. The molecule has 0 aliphatic carbocycles. The van der Waals surface area contributed by atoms with Gasteiger partial charge >= 0.3 is 11.5 Å². The van der Waals surface area contributed by atoms with Gasteiger partial charge in [0.05, 0.1) is 0 Å². The Balaban J connectivity index is 1.92. The first-order chi connectivity index (χ1) is 12.4. The van der Waals surface area contributed by atoms with Crippen LogP contribution in [0, 0.1) is 5.92 Å². The predicted molar refractivity (Wildman–Crippen MR) is 91.1 cm³/mol. The third kappa shape index (κ3) is 3.37. The van der Waals surface area contributed by atoms with Gasteiger partial charge < -0.3 is 14.2 Å². The number of likely N-dealkylation sites (tertiary alicyclic amines) is 1. The Labute approximate surface area is 149 Å². The maximum Gasteiger partial charge on any atom is 0.308 e. The molecule has 0 spiro atoms. The highest BCUT2D eigenvalue weighted by Crippen LogP contribution is 2.17. The maximum atomic E-state index is 12.5. The van der Waals surface area contributed by atoms with E-state index in [0.717, 1.165) is 24.2 Å². The minimum atomic E-state index is -0.721. The Hall–Kier alpha value is -2.97. The van der Waals surface area contributed by atoms with Crippen LogP contribution >= 0.6 is 0 Å². The molecule has 138 valence electrons. The lowest BCUT2D eigenvalue weighted by Gasteiger charge is -2.30. The van der Waals surface area contributed by atoms with E-state index in [4.69, 9.17) is 4.74 Å². The topological polar surface area (TPSA) is 103 Å². The van der Waals surface area contributed by atoms with Crippen molar-refractivity contribution in [2.45, 2.75) is 33.2 Å². The Morgan fingerprint density at radius 1 is 1.31 bits per heavy atom. The molecular formula is C17H20N4O5.